The first-order valence-corrected chi connectivity index (χ1v) is 6.94. The van der Waals surface area contributed by atoms with E-state index in [-0.39, 0.29) is 6.10 Å². The first-order valence-electron chi connectivity index (χ1n) is 5.86. The van der Waals surface area contributed by atoms with Crippen LogP contribution in [0, 0.1) is 3.57 Å². The van der Waals surface area contributed by atoms with E-state index in [1.54, 1.807) is 6.20 Å². The van der Waals surface area contributed by atoms with Gasteiger partial charge in [0.15, 0.2) is 0 Å². The topological polar surface area (TPSA) is 35.0 Å². The minimum atomic E-state index is 0.236. The molecule has 0 spiro atoms. The second-order valence-electron chi connectivity index (χ2n) is 3.95. The summed E-state index contributed by atoms with van der Waals surface area (Å²) < 4.78 is 6.74. The highest BCUT2D eigenvalue weighted by molar-refractivity contribution is 14.1. The van der Waals surface area contributed by atoms with Crippen LogP contribution in [0.15, 0.2) is 12.5 Å². The Hall–Kier alpha value is -0.390. The Morgan fingerprint density at radius 2 is 2.19 bits per heavy atom. The lowest BCUT2D eigenvalue weighted by Gasteiger charge is -2.14. The van der Waals surface area contributed by atoms with Gasteiger partial charge in [-0.25, -0.2) is 9.97 Å². The smallest absolute Gasteiger partial charge is 0.230 e. The molecule has 1 unspecified atom stereocenters. The van der Waals surface area contributed by atoms with E-state index in [2.05, 4.69) is 46.4 Å². The molecule has 0 saturated carbocycles. The Balaban J connectivity index is 2.28. The summed E-state index contributed by atoms with van der Waals surface area (Å²) in [5, 5.41) is 0. The largest absolute Gasteiger partial charge is 0.474 e. The van der Waals surface area contributed by atoms with Gasteiger partial charge >= 0.3 is 0 Å². The third-order valence-electron chi connectivity index (χ3n) is 2.41. The van der Waals surface area contributed by atoms with E-state index in [1.807, 2.05) is 0 Å². The van der Waals surface area contributed by atoms with E-state index in [1.165, 1.54) is 32.0 Å². The predicted molar refractivity (Wildman–Crippen MR) is 73.6 cm³/mol. The monoisotopic (exact) mass is 334 g/mol. The van der Waals surface area contributed by atoms with E-state index >= 15 is 0 Å². The van der Waals surface area contributed by atoms with E-state index in [0.29, 0.717) is 5.88 Å². The highest BCUT2D eigenvalue weighted by Crippen LogP contribution is 2.18. The lowest BCUT2D eigenvalue weighted by atomic mass is 10.1. The predicted octanol–water partition coefficient (Wildman–Crippen LogP) is 3.82. The van der Waals surface area contributed by atoms with E-state index in [0.717, 1.165) is 9.99 Å². The van der Waals surface area contributed by atoms with Crippen LogP contribution in [0.25, 0.3) is 0 Å². The van der Waals surface area contributed by atoms with Crippen LogP contribution in [0.5, 0.6) is 5.88 Å². The SMILES string of the molecule is CCCCCCC(C)Oc1ncncc1I. The second kappa shape index (κ2) is 7.81. The van der Waals surface area contributed by atoms with Crippen molar-refractivity contribution in [1.82, 2.24) is 9.97 Å². The Bertz CT molecular complexity index is 307. The van der Waals surface area contributed by atoms with Crippen molar-refractivity contribution in [2.75, 3.05) is 0 Å². The van der Waals surface area contributed by atoms with Crippen LogP contribution in [0.1, 0.15) is 46.0 Å². The number of ether oxygens (including phenoxy) is 1. The van der Waals surface area contributed by atoms with Crippen LogP contribution in [-0.2, 0) is 0 Å². The summed E-state index contributed by atoms with van der Waals surface area (Å²) in [4.78, 5) is 8.06. The number of hydrogen-bond donors (Lipinski definition) is 0. The van der Waals surface area contributed by atoms with Crippen LogP contribution in [0.4, 0.5) is 0 Å². The molecular formula is C12H19IN2O. The van der Waals surface area contributed by atoms with Crippen LogP contribution < -0.4 is 4.74 Å². The lowest BCUT2D eigenvalue weighted by Crippen LogP contribution is -2.13. The molecule has 3 nitrogen and oxygen atoms in total. The van der Waals surface area contributed by atoms with Crippen molar-refractivity contribution < 1.29 is 4.74 Å². The molecule has 0 aliphatic carbocycles. The Labute approximate surface area is 111 Å². The summed E-state index contributed by atoms with van der Waals surface area (Å²) in [6.45, 7) is 4.33. The van der Waals surface area contributed by atoms with Gasteiger partial charge in [-0.2, -0.15) is 0 Å². The van der Waals surface area contributed by atoms with Crippen molar-refractivity contribution in [3.8, 4) is 5.88 Å². The van der Waals surface area contributed by atoms with Crippen molar-refractivity contribution in [3.63, 3.8) is 0 Å². The third-order valence-corrected chi connectivity index (χ3v) is 3.15. The average molecular weight is 334 g/mol. The average Bonchev–Trinajstić information content (AvgIpc) is 2.28. The molecule has 1 rings (SSSR count). The molecule has 0 fully saturated rings. The summed E-state index contributed by atoms with van der Waals surface area (Å²) in [7, 11) is 0. The number of nitrogens with zero attached hydrogens (tertiary/aromatic N) is 2. The molecule has 0 aliphatic heterocycles. The van der Waals surface area contributed by atoms with Crippen molar-refractivity contribution in [3.05, 3.63) is 16.1 Å². The maximum Gasteiger partial charge on any atom is 0.230 e. The van der Waals surface area contributed by atoms with Gasteiger partial charge in [0.25, 0.3) is 0 Å². The summed E-state index contributed by atoms with van der Waals surface area (Å²) in [6, 6.07) is 0. The maximum atomic E-state index is 5.77. The fraction of sp³-hybridized carbons (Fsp3) is 0.667. The molecule has 90 valence electrons. The molecule has 4 heteroatoms. The van der Waals surface area contributed by atoms with Gasteiger partial charge in [-0.05, 0) is 42.4 Å². The van der Waals surface area contributed by atoms with Crippen molar-refractivity contribution >= 4 is 22.6 Å². The van der Waals surface area contributed by atoms with Gasteiger partial charge in [0.2, 0.25) is 5.88 Å². The van der Waals surface area contributed by atoms with Crippen LogP contribution in [0.2, 0.25) is 0 Å². The van der Waals surface area contributed by atoms with E-state index < -0.39 is 0 Å². The van der Waals surface area contributed by atoms with E-state index in [4.69, 9.17) is 4.74 Å². The quantitative estimate of drug-likeness (QED) is 0.562. The first-order chi connectivity index (χ1) is 7.74. The summed E-state index contributed by atoms with van der Waals surface area (Å²) in [5.41, 5.74) is 0. The molecule has 1 atom stereocenters. The van der Waals surface area contributed by atoms with Gasteiger partial charge in [-0.15, -0.1) is 0 Å². The highest BCUT2D eigenvalue weighted by atomic mass is 127. The zero-order valence-corrected chi connectivity index (χ0v) is 12.1. The number of rotatable bonds is 7. The number of aromatic nitrogens is 2. The molecule has 0 saturated heterocycles. The van der Waals surface area contributed by atoms with Gasteiger partial charge < -0.3 is 4.74 Å². The number of unbranched alkanes of at least 4 members (excludes halogenated alkanes) is 3. The minimum absolute atomic E-state index is 0.236. The first kappa shape index (κ1) is 13.7. The van der Waals surface area contributed by atoms with Crippen molar-refractivity contribution in [1.29, 1.82) is 0 Å². The van der Waals surface area contributed by atoms with Gasteiger partial charge in [0, 0.05) is 6.20 Å². The fourth-order valence-corrected chi connectivity index (χ4v) is 1.92. The zero-order chi connectivity index (χ0) is 11.8. The Morgan fingerprint density at radius 3 is 2.88 bits per heavy atom. The zero-order valence-electron chi connectivity index (χ0n) is 9.95. The molecule has 16 heavy (non-hydrogen) atoms. The molecule has 0 aliphatic rings. The molecule has 0 N–H and O–H groups in total. The van der Waals surface area contributed by atoms with Crippen molar-refractivity contribution in [2.24, 2.45) is 0 Å². The maximum absolute atomic E-state index is 5.77. The third kappa shape index (κ3) is 5.09. The van der Waals surface area contributed by atoms with Crippen molar-refractivity contribution in [2.45, 2.75) is 52.1 Å². The lowest BCUT2D eigenvalue weighted by molar-refractivity contribution is 0.196. The van der Waals surface area contributed by atoms with Gasteiger partial charge in [-0.1, -0.05) is 26.2 Å². The molecule has 1 aromatic heterocycles. The fourth-order valence-electron chi connectivity index (χ4n) is 1.50. The van der Waals surface area contributed by atoms with Crippen LogP contribution in [0.3, 0.4) is 0 Å². The molecule has 0 radical (unpaired) electrons. The Morgan fingerprint density at radius 1 is 1.38 bits per heavy atom. The molecule has 0 bridgehead atoms. The van der Waals surface area contributed by atoms with E-state index in [9.17, 15) is 0 Å². The summed E-state index contributed by atoms with van der Waals surface area (Å²) in [5.74, 6) is 0.707. The van der Waals surface area contributed by atoms with Crippen LogP contribution >= 0.6 is 22.6 Å². The standard InChI is InChI=1S/C12H19IN2O/c1-3-4-5-6-7-10(2)16-12-11(13)8-14-9-15-12/h8-10H,3-7H2,1-2H3. The van der Waals surface area contributed by atoms with Gasteiger partial charge in [-0.3, -0.25) is 0 Å². The van der Waals surface area contributed by atoms with Gasteiger partial charge in [0.1, 0.15) is 6.33 Å². The minimum Gasteiger partial charge on any atom is -0.474 e. The van der Waals surface area contributed by atoms with Gasteiger partial charge in [0.05, 0.1) is 9.67 Å². The second-order valence-corrected chi connectivity index (χ2v) is 5.12. The highest BCUT2D eigenvalue weighted by Gasteiger charge is 2.07. The van der Waals surface area contributed by atoms with Crippen LogP contribution in [-0.4, -0.2) is 16.1 Å². The number of halogens is 1. The normalized spacial score (nSPS) is 12.4. The number of hydrogen-bond acceptors (Lipinski definition) is 3. The Kier molecular flexibility index (Phi) is 6.68. The molecule has 0 amide bonds. The molecule has 1 heterocycles. The molecule has 1 aromatic rings. The summed E-state index contributed by atoms with van der Waals surface area (Å²) in [6.07, 6.45) is 9.76. The molecular weight excluding hydrogens is 315 g/mol. The molecule has 0 aromatic carbocycles. The summed E-state index contributed by atoms with van der Waals surface area (Å²) >= 11 is 2.19.